The van der Waals surface area contributed by atoms with E-state index in [1.165, 1.54) is 19.5 Å². The number of hydrogen-bond acceptors (Lipinski definition) is 9. The zero-order valence-electron chi connectivity index (χ0n) is 12.2. The fourth-order valence-corrected chi connectivity index (χ4v) is 1.80. The number of aryl methyl sites for hydroxylation is 1. The van der Waals surface area contributed by atoms with E-state index in [1.807, 2.05) is 0 Å². The topological polar surface area (TPSA) is 156 Å². The van der Waals surface area contributed by atoms with Crippen LogP contribution in [0, 0.1) is 0 Å². The van der Waals surface area contributed by atoms with Gasteiger partial charge in [-0.05, 0) is 12.8 Å². The lowest BCUT2D eigenvalue weighted by Crippen LogP contribution is -2.29. The molecule has 1 aromatic rings. The van der Waals surface area contributed by atoms with Crippen molar-refractivity contribution in [3.05, 3.63) is 23.8 Å². The van der Waals surface area contributed by atoms with Crippen molar-refractivity contribution in [1.82, 2.24) is 9.97 Å². The summed E-state index contributed by atoms with van der Waals surface area (Å²) in [4.78, 5) is 8.05. The van der Waals surface area contributed by atoms with E-state index in [4.69, 9.17) is 15.3 Å². The van der Waals surface area contributed by atoms with Crippen LogP contribution in [0.25, 0.3) is 0 Å². The molecule has 0 aliphatic carbocycles. The molecule has 0 saturated heterocycles. The number of aliphatic hydroxyl groups excluding tert-OH is 3. The highest BCUT2D eigenvalue weighted by Crippen LogP contribution is 2.17. The highest BCUT2D eigenvalue weighted by molar-refractivity contribution is 5.05. The number of nitrogens with zero attached hydrogens (tertiary/aromatic N) is 2. The Bertz CT molecular complexity index is 435. The first kappa shape index (κ1) is 18.8. The Balaban J connectivity index is 2.50. The van der Waals surface area contributed by atoms with Crippen LogP contribution in [0.4, 0.5) is 0 Å². The van der Waals surface area contributed by atoms with E-state index < -0.39 is 24.5 Å². The van der Waals surface area contributed by atoms with Crippen molar-refractivity contribution in [3.63, 3.8) is 0 Å². The standard InChI is InChI=1S/C13H22N2O7/c1-22-12(18)11(17)5-10(16)9-7-14-8(6-15-9)3-2-4-13(19,20)21/h6-7,10-12,16-21H,2-5H2,1H3. The molecule has 0 radical (unpaired) electrons. The summed E-state index contributed by atoms with van der Waals surface area (Å²) in [7, 11) is 1.23. The second kappa shape index (κ2) is 8.44. The highest BCUT2D eigenvalue weighted by Gasteiger charge is 2.22. The van der Waals surface area contributed by atoms with E-state index in [-0.39, 0.29) is 18.5 Å². The lowest BCUT2D eigenvalue weighted by Gasteiger charge is -2.19. The number of ether oxygens (including phenoxy) is 1. The van der Waals surface area contributed by atoms with Crippen LogP contribution in [0.1, 0.15) is 36.8 Å². The minimum Gasteiger partial charge on any atom is -0.388 e. The summed E-state index contributed by atoms with van der Waals surface area (Å²) in [6, 6.07) is 0. The van der Waals surface area contributed by atoms with Gasteiger partial charge in [-0.2, -0.15) is 0 Å². The van der Waals surface area contributed by atoms with Gasteiger partial charge in [0.2, 0.25) is 0 Å². The maximum atomic E-state index is 9.88. The van der Waals surface area contributed by atoms with Crippen molar-refractivity contribution in [1.29, 1.82) is 0 Å². The molecule has 0 aliphatic rings. The molecule has 3 unspecified atom stereocenters. The number of hydrogen-bond donors (Lipinski definition) is 6. The first-order valence-corrected chi connectivity index (χ1v) is 6.78. The van der Waals surface area contributed by atoms with Crippen LogP contribution >= 0.6 is 0 Å². The Kier molecular flexibility index (Phi) is 7.23. The number of methoxy groups -OCH3 is 1. The maximum Gasteiger partial charge on any atom is 0.275 e. The smallest absolute Gasteiger partial charge is 0.275 e. The molecule has 6 N–H and O–H groups in total. The molecule has 9 nitrogen and oxygen atoms in total. The van der Waals surface area contributed by atoms with Crippen LogP contribution in [0.3, 0.4) is 0 Å². The first-order chi connectivity index (χ1) is 10.2. The first-order valence-electron chi connectivity index (χ1n) is 6.78. The fraction of sp³-hybridized carbons (Fsp3) is 0.692. The lowest BCUT2D eigenvalue weighted by atomic mass is 10.1. The normalized spacial score (nSPS) is 16.3. The van der Waals surface area contributed by atoms with Crippen LogP contribution < -0.4 is 0 Å². The van der Waals surface area contributed by atoms with Gasteiger partial charge < -0.3 is 35.4 Å². The van der Waals surface area contributed by atoms with Crippen LogP contribution in [-0.4, -0.2) is 66.1 Å². The Labute approximate surface area is 127 Å². The van der Waals surface area contributed by atoms with Gasteiger partial charge >= 0.3 is 0 Å². The molecule has 9 heteroatoms. The third kappa shape index (κ3) is 6.71. The van der Waals surface area contributed by atoms with Gasteiger partial charge in [-0.3, -0.25) is 9.97 Å². The van der Waals surface area contributed by atoms with Crippen molar-refractivity contribution >= 4 is 0 Å². The van der Waals surface area contributed by atoms with Crippen molar-refractivity contribution in [2.45, 2.75) is 50.2 Å². The van der Waals surface area contributed by atoms with Gasteiger partial charge in [-0.15, -0.1) is 0 Å². The second-order valence-electron chi connectivity index (χ2n) is 5.01. The number of aliphatic hydroxyl groups is 6. The van der Waals surface area contributed by atoms with Gasteiger partial charge in [-0.25, -0.2) is 0 Å². The molecule has 0 spiro atoms. The molecule has 0 aromatic carbocycles. The largest absolute Gasteiger partial charge is 0.388 e. The number of aromatic nitrogens is 2. The molecule has 0 fully saturated rings. The maximum absolute atomic E-state index is 9.88. The van der Waals surface area contributed by atoms with Gasteiger partial charge in [0.1, 0.15) is 12.2 Å². The van der Waals surface area contributed by atoms with E-state index in [1.54, 1.807) is 0 Å². The Morgan fingerprint density at radius 1 is 1.14 bits per heavy atom. The number of rotatable bonds is 9. The third-order valence-electron chi connectivity index (χ3n) is 3.05. The lowest BCUT2D eigenvalue weighted by molar-refractivity contribution is -0.314. The van der Waals surface area contributed by atoms with Gasteiger partial charge in [0.05, 0.1) is 17.6 Å². The predicted molar refractivity (Wildman–Crippen MR) is 73.0 cm³/mol. The van der Waals surface area contributed by atoms with Crippen LogP contribution in [0.2, 0.25) is 0 Å². The summed E-state index contributed by atoms with van der Waals surface area (Å²) in [5, 5.41) is 54.9. The van der Waals surface area contributed by atoms with Crippen LogP contribution in [0.15, 0.2) is 12.4 Å². The van der Waals surface area contributed by atoms with Crippen molar-refractivity contribution in [2.75, 3.05) is 7.11 Å². The molecule has 126 valence electrons. The monoisotopic (exact) mass is 318 g/mol. The molecule has 22 heavy (non-hydrogen) atoms. The van der Waals surface area contributed by atoms with Crippen molar-refractivity contribution < 1.29 is 35.4 Å². The summed E-state index contributed by atoms with van der Waals surface area (Å²) in [6.07, 6.45) is -0.740. The quantitative estimate of drug-likeness (QED) is 0.288. The van der Waals surface area contributed by atoms with Gasteiger partial charge in [0.15, 0.2) is 6.29 Å². The minimum absolute atomic E-state index is 0.162. The van der Waals surface area contributed by atoms with Crippen molar-refractivity contribution in [3.8, 4) is 0 Å². The van der Waals surface area contributed by atoms with Crippen LogP contribution in [0.5, 0.6) is 0 Å². The summed E-state index contributed by atoms with van der Waals surface area (Å²) >= 11 is 0. The van der Waals surface area contributed by atoms with Gasteiger partial charge in [0, 0.05) is 26.1 Å². The van der Waals surface area contributed by atoms with Crippen molar-refractivity contribution in [2.24, 2.45) is 0 Å². The Morgan fingerprint density at radius 2 is 1.82 bits per heavy atom. The molecule has 0 bridgehead atoms. The summed E-state index contributed by atoms with van der Waals surface area (Å²) < 4.78 is 4.54. The predicted octanol–water partition coefficient (Wildman–Crippen LogP) is -1.82. The third-order valence-corrected chi connectivity index (χ3v) is 3.05. The Morgan fingerprint density at radius 3 is 2.32 bits per heavy atom. The zero-order chi connectivity index (χ0) is 16.8. The second-order valence-corrected chi connectivity index (χ2v) is 5.01. The summed E-state index contributed by atoms with van der Waals surface area (Å²) in [5.41, 5.74) is 0.782. The average Bonchev–Trinajstić information content (AvgIpc) is 2.45. The molecule has 3 atom stereocenters. The van der Waals surface area contributed by atoms with Gasteiger partial charge in [0.25, 0.3) is 5.97 Å². The molecule has 0 amide bonds. The van der Waals surface area contributed by atoms with E-state index in [0.29, 0.717) is 18.5 Å². The molecule has 1 heterocycles. The van der Waals surface area contributed by atoms with Gasteiger partial charge in [-0.1, -0.05) is 0 Å². The summed E-state index contributed by atoms with van der Waals surface area (Å²) in [5.74, 6) is -2.69. The zero-order valence-corrected chi connectivity index (χ0v) is 12.2. The van der Waals surface area contributed by atoms with E-state index in [2.05, 4.69) is 14.7 Å². The fourth-order valence-electron chi connectivity index (χ4n) is 1.80. The van der Waals surface area contributed by atoms with E-state index in [9.17, 15) is 15.3 Å². The highest BCUT2D eigenvalue weighted by atomic mass is 16.7. The molecule has 0 saturated carbocycles. The van der Waals surface area contributed by atoms with E-state index >= 15 is 0 Å². The molecular formula is C13H22N2O7. The SMILES string of the molecule is COC(O)C(O)CC(O)c1cnc(CCCC(O)(O)O)cn1. The minimum atomic E-state index is -2.69. The van der Waals surface area contributed by atoms with E-state index in [0.717, 1.165) is 0 Å². The molecule has 0 aliphatic heterocycles. The molecular weight excluding hydrogens is 296 g/mol. The van der Waals surface area contributed by atoms with Crippen LogP contribution in [-0.2, 0) is 11.2 Å². The Hall–Kier alpha value is -1.20. The molecule has 1 aromatic heterocycles. The average molecular weight is 318 g/mol. The molecule has 1 rings (SSSR count). The summed E-state index contributed by atoms with van der Waals surface area (Å²) in [6.45, 7) is 0.